The summed E-state index contributed by atoms with van der Waals surface area (Å²) in [4.78, 5) is 0. The Morgan fingerprint density at radius 3 is 2.48 bits per heavy atom. The molecule has 0 saturated heterocycles. The van der Waals surface area contributed by atoms with Gasteiger partial charge in [-0.2, -0.15) is 0 Å². The maximum atomic E-state index is 6.08. The fraction of sp³-hybridized carbons (Fsp3) is 0.684. The molecule has 118 valence electrons. The Balaban J connectivity index is 1.81. The molecule has 0 spiro atoms. The van der Waals surface area contributed by atoms with Crippen molar-refractivity contribution in [3.8, 4) is 0 Å². The molecule has 2 heteroatoms. The van der Waals surface area contributed by atoms with Crippen molar-refractivity contribution in [3.63, 3.8) is 0 Å². The van der Waals surface area contributed by atoms with Gasteiger partial charge in [0.1, 0.15) is 0 Å². The van der Waals surface area contributed by atoms with Crippen molar-refractivity contribution in [2.24, 2.45) is 11.3 Å². The Kier molecular flexibility index (Phi) is 6.72. The highest BCUT2D eigenvalue weighted by Crippen LogP contribution is 2.36. The van der Waals surface area contributed by atoms with E-state index < -0.39 is 0 Å². The smallest absolute Gasteiger partial charge is 0.0717 e. The summed E-state index contributed by atoms with van der Waals surface area (Å²) in [6.07, 6.45) is 6.74. The number of hydrogen-bond acceptors (Lipinski definition) is 2. The van der Waals surface area contributed by atoms with E-state index in [0.29, 0.717) is 5.41 Å². The van der Waals surface area contributed by atoms with Gasteiger partial charge in [0.05, 0.1) is 13.2 Å². The minimum Gasteiger partial charge on any atom is -0.376 e. The second-order valence-electron chi connectivity index (χ2n) is 7.06. The molecule has 1 aromatic rings. The van der Waals surface area contributed by atoms with Gasteiger partial charge >= 0.3 is 0 Å². The van der Waals surface area contributed by atoms with Gasteiger partial charge in [0, 0.05) is 12.0 Å². The highest BCUT2D eigenvalue weighted by Gasteiger charge is 2.32. The molecular formula is C19H31NO. The molecule has 0 aliphatic heterocycles. The Bertz CT molecular complexity index is 382. The zero-order valence-corrected chi connectivity index (χ0v) is 13.7. The van der Waals surface area contributed by atoms with Crippen LogP contribution in [0.5, 0.6) is 0 Å². The molecule has 0 heterocycles. The standard InChI is InChI=1S/C19H31NO/c1-17(2)13-20-15-19(11-7-4-8-12-19)16-21-14-18-9-5-3-6-10-18/h3,5-6,9-10,17,20H,4,7-8,11-16H2,1-2H3. The molecule has 21 heavy (non-hydrogen) atoms. The van der Waals surface area contributed by atoms with Crippen LogP contribution in [0, 0.1) is 11.3 Å². The predicted molar refractivity (Wildman–Crippen MR) is 89.3 cm³/mol. The first kappa shape index (κ1) is 16.5. The maximum Gasteiger partial charge on any atom is 0.0717 e. The van der Waals surface area contributed by atoms with E-state index in [-0.39, 0.29) is 0 Å². The van der Waals surface area contributed by atoms with Crippen LogP contribution >= 0.6 is 0 Å². The first-order valence-electron chi connectivity index (χ1n) is 8.53. The van der Waals surface area contributed by atoms with Gasteiger partial charge in [-0.15, -0.1) is 0 Å². The Hall–Kier alpha value is -0.860. The Morgan fingerprint density at radius 2 is 1.81 bits per heavy atom. The lowest BCUT2D eigenvalue weighted by Gasteiger charge is -2.37. The van der Waals surface area contributed by atoms with Crippen molar-refractivity contribution in [2.45, 2.75) is 52.6 Å². The Labute approximate surface area is 130 Å². The summed E-state index contributed by atoms with van der Waals surface area (Å²) in [5.41, 5.74) is 1.64. The summed E-state index contributed by atoms with van der Waals surface area (Å²) < 4.78 is 6.08. The van der Waals surface area contributed by atoms with Gasteiger partial charge in [-0.05, 0) is 30.9 Å². The van der Waals surface area contributed by atoms with Gasteiger partial charge in [-0.25, -0.2) is 0 Å². The van der Waals surface area contributed by atoms with Crippen molar-refractivity contribution in [1.29, 1.82) is 0 Å². The molecule has 1 aromatic carbocycles. The lowest BCUT2D eigenvalue weighted by Crippen LogP contribution is -2.40. The minimum atomic E-state index is 0.363. The number of benzene rings is 1. The van der Waals surface area contributed by atoms with Gasteiger partial charge in [0.25, 0.3) is 0 Å². The molecule has 0 atom stereocenters. The van der Waals surface area contributed by atoms with Crippen molar-refractivity contribution < 1.29 is 4.74 Å². The average molecular weight is 289 g/mol. The molecule has 1 N–H and O–H groups in total. The normalized spacial score (nSPS) is 18.0. The lowest BCUT2D eigenvalue weighted by molar-refractivity contribution is 0.0112. The monoisotopic (exact) mass is 289 g/mol. The molecule has 0 unspecified atom stereocenters. The zero-order chi connectivity index (χ0) is 15.0. The first-order chi connectivity index (χ1) is 10.2. The molecular weight excluding hydrogens is 258 g/mol. The van der Waals surface area contributed by atoms with Crippen LogP contribution in [0.25, 0.3) is 0 Å². The van der Waals surface area contributed by atoms with Crippen molar-refractivity contribution in [2.75, 3.05) is 19.7 Å². The molecule has 0 aromatic heterocycles. The van der Waals surface area contributed by atoms with Crippen LogP contribution in [0.1, 0.15) is 51.5 Å². The van der Waals surface area contributed by atoms with Gasteiger partial charge in [-0.3, -0.25) is 0 Å². The first-order valence-corrected chi connectivity index (χ1v) is 8.53. The molecule has 2 nitrogen and oxygen atoms in total. The van der Waals surface area contributed by atoms with Gasteiger partial charge in [0.2, 0.25) is 0 Å². The average Bonchev–Trinajstić information content (AvgIpc) is 2.49. The second-order valence-corrected chi connectivity index (χ2v) is 7.06. The van der Waals surface area contributed by atoms with E-state index in [1.54, 1.807) is 0 Å². The van der Waals surface area contributed by atoms with E-state index in [0.717, 1.165) is 32.2 Å². The molecule has 1 saturated carbocycles. The van der Waals surface area contributed by atoms with E-state index >= 15 is 0 Å². The fourth-order valence-electron chi connectivity index (χ4n) is 3.26. The number of rotatable bonds is 8. The number of ether oxygens (including phenoxy) is 1. The third-order valence-electron chi connectivity index (χ3n) is 4.49. The zero-order valence-electron chi connectivity index (χ0n) is 13.7. The van der Waals surface area contributed by atoms with Crippen molar-refractivity contribution in [3.05, 3.63) is 35.9 Å². The molecule has 0 radical (unpaired) electrons. The summed E-state index contributed by atoms with van der Waals surface area (Å²) >= 11 is 0. The molecule has 0 amide bonds. The van der Waals surface area contributed by atoms with E-state index in [9.17, 15) is 0 Å². The summed E-state index contributed by atoms with van der Waals surface area (Å²) in [6.45, 7) is 8.40. The summed E-state index contributed by atoms with van der Waals surface area (Å²) in [7, 11) is 0. The second kappa shape index (κ2) is 8.55. The molecule has 1 aliphatic carbocycles. The fourth-order valence-corrected chi connectivity index (χ4v) is 3.26. The molecule has 1 aliphatic rings. The van der Waals surface area contributed by atoms with E-state index in [2.05, 4.69) is 49.5 Å². The number of hydrogen-bond donors (Lipinski definition) is 1. The van der Waals surface area contributed by atoms with Crippen LogP contribution in [0.3, 0.4) is 0 Å². The van der Waals surface area contributed by atoms with Gasteiger partial charge < -0.3 is 10.1 Å². The predicted octanol–water partition coefficient (Wildman–Crippen LogP) is 4.40. The van der Waals surface area contributed by atoms with Crippen LogP contribution in [0.2, 0.25) is 0 Å². The maximum absolute atomic E-state index is 6.08. The van der Waals surface area contributed by atoms with Crippen molar-refractivity contribution >= 4 is 0 Å². The summed E-state index contributed by atoms with van der Waals surface area (Å²) in [5, 5.41) is 3.66. The summed E-state index contributed by atoms with van der Waals surface area (Å²) in [6, 6.07) is 10.5. The third kappa shape index (κ3) is 5.80. The third-order valence-corrected chi connectivity index (χ3v) is 4.49. The molecule has 2 rings (SSSR count). The number of nitrogens with one attached hydrogen (secondary N) is 1. The quantitative estimate of drug-likeness (QED) is 0.766. The minimum absolute atomic E-state index is 0.363. The Morgan fingerprint density at radius 1 is 1.10 bits per heavy atom. The topological polar surface area (TPSA) is 21.3 Å². The van der Waals surface area contributed by atoms with Crippen LogP contribution in [-0.2, 0) is 11.3 Å². The SMILES string of the molecule is CC(C)CNCC1(COCc2ccccc2)CCCCC1. The van der Waals surface area contributed by atoms with Crippen LogP contribution in [0.15, 0.2) is 30.3 Å². The highest BCUT2D eigenvalue weighted by molar-refractivity contribution is 5.13. The van der Waals surface area contributed by atoms with E-state index in [4.69, 9.17) is 4.74 Å². The largest absolute Gasteiger partial charge is 0.376 e. The molecule has 1 fully saturated rings. The van der Waals surface area contributed by atoms with E-state index in [1.807, 2.05) is 0 Å². The summed E-state index contributed by atoms with van der Waals surface area (Å²) in [5.74, 6) is 0.718. The van der Waals surface area contributed by atoms with Crippen LogP contribution in [-0.4, -0.2) is 19.7 Å². The van der Waals surface area contributed by atoms with Crippen LogP contribution in [0.4, 0.5) is 0 Å². The van der Waals surface area contributed by atoms with Crippen molar-refractivity contribution in [1.82, 2.24) is 5.32 Å². The lowest BCUT2D eigenvalue weighted by atomic mass is 9.74. The molecule has 0 bridgehead atoms. The highest BCUT2D eigenvalue weighted by atomic mass is 16.5. The van der Waals surface area contributed by atoms with E-state index in [1.165, 1.54) is 37.7 Å². The van der Waals surface area contributed by atoms with Gasteiger partial charge in [0.15, 0.2) is 0 Å². The van der Waals surface area contributed by atoms with Gasteiger partial charge in [-0.1, -0.05) is 63.4 Å². The van der Waals surface area contributed by atoms with Crippen LogP contribution < -0.4 is 5.32 Å².